The van der Waals surface area contributed by atoms with Gasteiger partial charge in [-0.3, -0.25) is 5.32 Å². The molecule has 0 saturated carbocycles. The van der Waals surface area contributed by atoms with Crippen molar-refractivity contribution in [3.63, 3.8) is 0 Å². The number of aliphatic carboxylic acids is 1. The summed E-state index contributed by atoms with van der Waals surface area (Å²) in [6, 6.07) is 18.6. The average Bonchev–Trinajstić information content (AvgIpc) is 2.56. The molecule has 0 heterocycles. The van der Waals surface area contributed by atoms with Gasteiger partial charge in [0, 0.05) is 6.54 Å². The average molecular weight is 315 g/mol. The number of carboxylic acid groups (broad SMARTS) is 1. The minimum Gasteiger partial charge on any atom is -0.478 e. The Kier molecular flexibility index (Phi) is 5.87. The molecule has 2 rings (SSSR count). The minimum absolute atomic E-state index is 0.0832. The van der Waals surface area contributed by atoms with E-state index in [1.54, 1.807) is 0 Å². The second-order valence-corrected chi connectivity index (χ2v) is 5.33. The smallest absolute Gasteiger partial charge is 0.354 e. The van der Waals surface area contributed by atoms with Crippen LogP contribution in [0.2, 0.25) is 0 Å². The van der Waals surface area contributed by atoms with Crippen LogP contribution in [-0.2, 0) is 22.7 Å². The second-order valence-electron chi connectivity index (χ2n) is 5.33. The Morgan fingerprint density at radius 2 is 1.61 bits per heavy atom. The fraction of sp³-hybridized carbons (Fsp3) is 0.278. The Morgan fingerprint density at radius 3 is 2.09 bits per heavy atom. The summed E-state index contributed by atoms with van der Waals surface area (Å²) in [4.78, 5) is 11.8. The summed E-state index contributed by atoms with van der Waals surface area (Å²) in [6.45, 7) is 1.75. The van der Waals surface area contributed by atoms with Crippen molar-refractivity contribution in [1.29, 1.82) is 0 Å². The molecule has 23 heavy (non-hydrogen) atoms. The molecule has 2 unspecified atom stereocenters. The molecule has 122 valence electrons. The molecule has 2 atom stereocenters. The van der Waals surface area contributed by atoms with E-state index in [0.717, 1.165) is 11.1 Å². The number of aliphatic hydroxyl groups is 1. The number of carboxylic acids is 1. The van der Waals surface area contributed by atoms with Crippen molar-refractivity contribution in [1.82, 2.24) is 5.32 Å². The fourth-order valence-corrected chi connectivity index (χ4v) is 2.24. The lowest BCUT2D eigenvalue weighted by molar-refractivity contribution is -0.193. The maximum Gasteiger partial charge on any atom is 0.354 e. The Morgan fingerprint density at radius 1 is 1.09 bits per heavy atom. The third-order valence-corrected chi connectivity index (χ3v) is 3.61. The lowest BCUT2D eigenvalue weighted by Gasteiger charge is -2.33. The predicted molar refractivity (Wildman–Crippen MR) is 86.6 cm³/mol. The molecule has 0 aliphatic rings. The number of rotatable bonds is 8. The summed E-state index contributed by atoms with van der Waals surface area (Å²) < 4.78 is 5.60. The fourth-order valence-electron chi connectivity index (χ4n) is 2.24. The summed E-state index contributed by atoms with van der Waals surface area (Å²) in [5.74, 6) is -1.25. The van der Waals surface area contributed by atoms with E-state index < -0.39 is 17.8 Å². The highest BCUT2D eigenvalue weighted by atomic mass is 16.6. The van der Waals surface area contributed by atoms with E-state index in [4.69, 9.17) is 4.74 Å². The predicted octanol–water partition coefficient (Wildman–Crippen LogP) is 2.15. The minimum atomic E-state index is -1.87. The van der Waals surface area contributed by atoms with Crippen LogP contribution in [0.1, 0.15) is 18.1 Å². The molecule has 5 nitrogen and oxygen atoms in total. The molecule has 2 aromatic carbocycles. The van der Waals surface area contributed by atoms with E-state index in [-0.39, 0.29) is 13.2 Å². The quantitative estimate of drug-likeness (QED) is 0.651. The van der Waals surface area contributed by atoms with E-state index in [0.29, 0.717) is 0 Å². The van der Waals surface area contributed by atoms with E-state index in [9.17, 15) is 15.0 Å². The van der Waals surface area contributed by atoms with Crippen molar-refractivity contribution in [2.24, 2.45) is 0 Å². The van der Waals surface area contributed by atoms with Gasteiger partial charge in [0.1, 0.15) is 6.10 Å². The van der Waals surface area contributed by atoms with E-state index >= 15 is 0 Å². The molecule has 2 aromatic rings. The summed E-state index contributed by atoms with van der Waals surface area (Å²) in [7, 11) is 0. The maximum atomic E-state index is 11.8. The third kappa shape index (κ3) is 4.39. The summed E-state index contributed by atoms with van der Waals surface area (Å²) >= 11 is 0. The van der Waals surface area contributed by atoms with Gasteiger partial charge in [0.05, 0.1) is 6.61 Å². The topological polar surface area (TPSA) is 78.8 Å². The number of hydrogen-bond acceptors (Lipinski definition) is 4. The van der Waals surface area contributed by atoms with Crippen LogP contribution in [-0.4, -0.2) is 28.0 Å². The maximum absolute atomic E-state index is 11.8. The molecule has 0 aromatic heterocycles. The third-order valence-electron chi connectivity index (χ3n) is 3.61. The normalized spacial score (nSPS) is 14.9. The van der Waals surface area contributed by atoms with Gasteiger partial charge in [-0.25, -0.2) is 4.79 Å². The van der Waals surface area contributed by atoms with Crippen LogP contribution in [0, 0.1) is 0 Å². The van der Waals surface area contributed by atoms with Crippen molar-refractivity contribution in [3.05, 3.63) is 71.8 Å². The molecule has 0 fully saturated rings. The molecule has 0 amide bonds. The zero-order valence-corrected chi connectivity index (χ0v) is 13.0. The van der Waals surface area contributed by atoms with Crippen molar-refractivity contribution >= 4 is 5.97 Å². The molecule has 0 saturated heterocycles. The molecule has 0 spiro atoms. The Labute approximate surface area is 135 Å². The van der Waals surface area contributed by atoms with Crippen LogP contribution in [0.3, 0.4) is 0 Å². The SMILES string of the molecule is CC(O)C(NCc1ccccc1)(OCc1ccccc1)C(=O)O. The molecule has 0 aliphatic heterocycles. The number of hydrogen-bond donors (Lipinski definition) is 3. The van der Waals surface area contributed by atoms with Crippen LogP contribution >= 0.6 is 0 Å². The first-order valence-electron chi connectivity index (χ1n) is 7.43. The second kappa shape index (κ2) is 7.87. The highest BCUT2D eigenvalue weighted by Gasteiger charge is 2.44. The van der Waals surface area contributed by atoms with E-state index in [1.807, 2.05) is 60.7 Å². The largest absolute Gasteiger partial charge is 0.478 e. The van der Waals surface area contributed by atoms with Gasteiger partial charge >= 0.3 is 5.97 Å². The first kappa shape index (κ1) is 17.1. The number of benzene rings is 2. The monoisotopic (exact) mass is 315 g/mol. The van der Waals surface area contributed by atoms with Crippen LogP contribution in [0.5, 0.6) is 0 Å². The van der Waals surface area contributed by atoms with Crippen molar-refractivity contribution < 1.29 is 19.7 Å². The highest BCUT2D eigenvalue weighted by Crippen LogP contribution is 2.18. The first-order chi connectivity index (χ1) is 11.0. The van der Waals surface area contributed by atoms with Crippen molar-refractivity contribution in [2.45, 2.75) is 31.9 Å². The first-order valence-corrected chi connectivity index (χ1v) is 7.43. The molecular formula is C18H21NO4. The summed E-state index contributed by atoms with van der Waals surface area (Å²) in [5, 5.41) is 22.5. The lowest BCUT2D eigenvalue weighted by atomic mass is 10.1. The Balaban J connectivity index is 2.13. The van der Waals surface area contributed by atoms with Gasteiger partial charge in [0.25, 0.3) is 0 Å². The molecule has 0 bridgehead atoms. The highest BCUT2D eigenvalue weighted by molar-refractivity contribution is 5.77. The molecule has 0 radical (unpaired) electrons. The van der Waals surface area contributed by atoms with Crippen LogP contribution in [0.4, 0.5) is 0 Å². The van der Waals surface area contributed by atoms with Gasteiger partial charge < -0.3 is 14.9 Å². The Hall–Kier alpha value is -2.21. The van der Waals surface area contributed by atoms with Crippen molar-refractivity contribution in [3.8, 4) is 0 Å². The zero-order chi connectivity index (χ0) is 16.7. The molecule has 5 heteroatoms. The number of carbonyl (C=O) groups is 1. The van der Waals surface area contributed by atoms with Gasteiger partial charge in [-0.05, 0) is 18.1 Å². The number of aliphatic hydroxyl groups excluding tert-OH is 1. The molecule has 3 N–H and O–H groups in total. The molecular weight excluding hydrogens is 294 g/mol. The van der Waals surface area contributed by atoms with Gasteiger partial charge in [-0.15, -0.1) is 0 Å². The lowest BCUT2D eigenvalue weighted by Crippen LogP contribution is -2.61. The van der Waals surface area contributed by atoms with Crippen LogP contribution in [0.25, 0.3) is 0 Å². The molecule has 0 aliphatic carbocycles. The standard InChI is InChI=1S/C18H21NO4/c1-14(20)18(17(21)22,19-12-15-8-4-2-5-9-15)23-13-16-10-6-3-7-11-16/h2-11,14,19-20H,12-13H2,1H3,(H,21,22). The Bertz CT molecular complexity index is 570. The zero-order valence-electron chi connectivity index (χ0n) is 13.0. The van der Waals surface area contributed by atoms with E-state index in [2.05, 4.69) is 5.32 Å². The van der Waals surface area contributed by atoms with Crippen LogP contribution in [0.15, 0.2) is 60.7 Å². The van der Waals surface area contributed by atoms with Gasteiger partial charge in [0.15, 0.2) is 0 Å². The summed E-state index contributed by atoms with van der Waals surface area (Å²) in [5.41, 5.74) is -0.131. The summed E-state index contributed by atoms with van der Waals surface area (Å²) in [6.07, 6.45) is -1.23. The van der Waals surface area contributed by atoms with Gasteiger partial charge in [-0.2, -0.15) is 0 Å². The van der Waals surface area contributed by atoms with Gasteiger partial charge in [-0.1, -0.05) is 60.7 Å². The van der Waals surface area contributed by atoms with E-state index in [1.165, 1.54) is 6.92 Å². The van der Waals surface area contributed by atoms with Crippen molar-refractivity contribution in [2.75, 3.05) is 0 Å². The van der Waals surface area contributed by atoms with Gasteiger partial charge in [0.2, 0.25) is 5.72 Å². The number of nitrogens with one attached hydrogen (secondary N) is 1. The van der Waals surface area contributed by atoms with Crippen LogP contribution < -0.4 is 5.32 Å². The number of ether oxygens (including phenoxy) is 1.